The first-order valence-corrected chi connectivity index (χ1v) is 7.22. The Balaban J connectivity index is 1.89. The van der Waals surface area contributed by atoms with Crippen LogP contribution in [0.3, 0.4) is 0 Å². The lowest BCUT2D eigenvalue weighted by molar-refractivity contribution is -0.129. The molecule has 1 unspecified atom stereocenters. The number of nitrogens with zero attached hydrogens (tertiary/aromatic N) is 4. The molecule has 1 aliphatic rings. The molecular weight excluding hydrogens is 254 g/mol. The highest BCUT2D eigenvalue weighted by Crippen LogP contribution is 2.17. The van der Waals surface area contributed by atoms with Crippen molar-refractivity contribution in [2.45, 2.75) is 46.2 Å². The van der Waals surface area contributed by atoms with E-state index < -0.39 is 0 Å². The van der Waals surface area contributed by atoms with Crippen molar-refractivity contribution >= 4 is 5.91 Å². The number of piperidine rings is 1. The summed E-state index contributed by atoms with van der Waals surface area (Å²) in [6.07, 6.45) is 3.88. The second kappa shape index (κ2) is 5.91. The van der Waals surface area contributed by atoms with Gasteiger partial charge in [-0.25, -0.2) is 0 Å². The maximum Gasteiger partial charge on any atom is 0.225 e. The van der Waals surface area contributed by atoms with Gasteiger partial charge in [-0.1, -0.05) is 20.8 Å². The minimum Gasteiger partial charge on any atom is -0.352 e. The van der Waals surface area contributed by atoms with Gasteiger partial charge in [0.05, 0.1) is 6.54 Å². The van der Waals surface area contributed by atoms with Crippen molar-refractivity contribution in [1.29, 1.82) is 0 Å². The highest BCUT2D eigenvalue weighted by atomic mass is 16.2. The Morgan fingerprint density at radius 3 is 2.85 bits per heavy atom. The topological polar surface area (TPSA) is 63.1 Å². The molecule has 6 nitrogen and oxygen atoms in total. The van der Waals surface area contributed by atoms with E-state index in [1.807, 2.05) is 32.4 Å². The molecule has 1 atom stereocenters. The van der Waals surface area contributed by atoms with E-state index in [4.69, 9.17) is 0 Å². The number of nitrogens with one attached hydrogen (secondary N) is 1. The number of aryl methyl sites for hydroxylation is 1. The molecule has 2 heterocycles. The van der Waals surface area contributed by atoms with Gasteiger partial charge in [-0.05, 0) is 19.4 Å². The molecule has 0 radical (unpaired) electrons. The lowest BCUT2D eigenvalue weighted by Crippen LogP contribution is -2.50. The van der Waals surface area contributed by atoms with E-state index in [-0.39, 0.29) is 17.4 Å². The van der Waals surface area contributed by atoms with E-state index in [1.54, 1.807) is 6.33 Å². The quantitative estimate of drug-likeness (QED) is 0.894. The van der Waals surface area contributed by atoms with Crippen LogP contribution in [0.1, 0.15) is 39.4 Å². The van der Waals surface area contributed by atoms with Gasteiger partial charge >= 0.3 is 0 Å². The van der Waals surface area contributed by atoms with Crippen LogP contribution in [-0.4, -0.2) is 44.7 Å². The third-order valence-corrected chi connectivity index (χ3v) is 3.69. The van der Waals surface area contributed by atoms with Crippen molar-refractivity contribution in [3.05, 3.63) is 12.2 Å². The molecule has 2 rings (SSSR count). The van der Waals surface area contributed by atoms with E-state index in [9.17, 15) is 4.79 Å². The van der Waals surface area contributed by atoms with Crippen LogP contribution in [0.2, 0.25) is 0 Å². The Hall–Kier alpha value is -1.43. The number of amides is 1. The van der Waals surface area contributed by atoms with Gasteiger partial charge in [0.25, 0.3) is 0 Å². The van der Waals surface area contributed by atoms with Gasteiger partial charge < -0.3 is 9.88 Å². The molecule has 0 aromatic carbocycles. The van der Waals surface area contributed by atoms with Crippen LogP contribution in [0, 0.1) is 5.41 Å². The Bertz CT molecular complexity index is 462. The van der Waals surface area contributed by atoms with Crippen LogP contribution in [0.5, 0.6) is 0 Å². The summed E-state index contributed by atoms with van der Waals surface area (Å²) in [5.74, 6) is 1.09. The zero-order chi connectivity index (χ0) is 14.8. The van der Waals surface area contributed by atoms with Gasteiger partial charge in [0.2, 0.25) is 5.91 Å². The second-order valence-corrected chi connectivity index (χ2v) is 6.66. The van der Waals surface area contributed by atoms with Gasteiger partial charge in [0, 0.05) is 25.0 Å². The molecule has 1 amide bonds. The summed E-state index contributed by atoms with van der Waals surface area (Å²) in [6, 6.07) is 0.240. The second-order valence-electron chi connectivity index (χ2n) is 6.66. The van der Waals surface area contributed by atoms with E-state index in [0.717, 1.165) is 38.3 Å². The SMILES string of the molecule is Cn1cnnc1CN1CCCC(NC(=O)C(C)(C)C)C1. The molecule has 6 heteroatoms. The van der Waals surface area contributed by atoms with Gasteiger partial charge in [-0.15, -0.1) is 10.2 Å². The van der Waals surface area contributed by atoms with Crippen LogP contribution >= 0.6 is 0 Å². The average molecular weight is 279 g/mol. The number of aromatic nitrogens is 3. The molecule has 20 heavy (non-hydrogen) atoms. The first-order chi connectivity index (χ1) is 9.36. The molecule has 0 saturated carbocycles. The summed E-state index contributed by atoms with van der Waals surface area (Å²) >= 11 is 0. The van der Waals surface area contributed by atoms with Crippen molar-refractivity contribution in [3.8, 4) is 0 Å². The predicted octanol–water partition coefficient (Wildman–Crippen LogP) is 0.942. The van der Waals surface area contributed by atoms with E-state index >= 15 is 0 Å². The largest absolute Gasteiger partial charge is 0.352 e. The number of hydrogen-bond acceptors (Lipinski definition) is 4. The average Bonchev–Trinajstić information content (AvgIpc) is 2.74. The van der Waals surface area contributed by atoms with E-state index in [0.29, 0.717) is 0 Å². The smallest absolute Gasteiger partial charge is 0.225 e. The highest BCUT2D eigenvalue weighted by molar-refractivity contribution is 5.81. The Kier molecular flexibility index (Phi) is 4.42. The number of carbonyl (C=O) groups excluding carboxylic acids is 1. The first kappa shape index (κ1) is 15.0. The molecule has 112 valence electrons. The van der Waals surface area contributed by atoms with Crippen molar-refractivity contribution in [1.82, 2.24) is 25.0 Å². The summed E-state index contributed by atoms with van der Waals surface area (Å²) in [5, 5.41) is 11.2. The van der Waals surface area contributed by atoms with Crippen LogP contribution in [0.25, 0.3) is 0 Å². The van der Waals surface area contributed by atoms with Crippen molar-refractivity contribution < 1.29 is 4.79 Å². The van der Waals surface area contributed by atoms with Gasteiger partial charge in [-0.3, -0.25) is 9.69 Å². The summed E-state index contributed by atoms with van der Waals surface area (Å²) in [7, 11) is 1.96. The van der Waals surface area contributed by atoms with E-state index in [2.05, 4.69) is 20.4 Å². The standard InChI is InChI=1S/C14H25N5O/c1-14(2,3)13(20)16-11-6-5-7-19(8-11)9-12-17-15-10-18(12)4/h10-11H,5-9H2,1-4H3,(H,16,20). The van der Waals surface area contributed by atoms with Crippen molar-refractivity contribution in [3.63, 3.8) is 0 Å². The third kappa shape index (κ3) is 3.79. The molecule has 0 spiro atoms. The molecule has 1 aromatic heterocycles. The zero-order valence-electron chi connectivity index (χ0n) is 12.9. The summed E-state index contributed by atoms with van der Waals surface area (Å²) < 4.78 is 1.94. The van der Waals surface area contributed by atoms with Gasteiger partial charge in [0.15, 0.2) is 0 Å². The predicted molar refractivity (Wildman–Crippen MR) is 76.9 cm³/mol. The fourth-order valence-electron chi connectivity index (χ4n) is 2.37. The Labute approximate surface area is 120 Å². The van der Waals surface area contributed by atoms with Crippen LogP contribution < -0.4 is 5.32 Å². The van der Waals surface area contributed by atoms with E-state index in [1.165, 1.54) is 0 Å². The monoisotopic (exact) mass is 279 g/mol. The third-order valence-electron chi connectivity index (χ3n) is 3.69. The zero-order valence-corrected chi connectivity index (χ0v) is 12.9. The van der Waals surface area contributed by atoms with Gasteiger partial charge in [0.1, 0.15) is 12.2 Å². The Morgan fingerprint density at radius 1 is 1.50 bits per heavy atom. The maximum atomic E-state index is 12.1. The number of carbonyl (C=O) groups is 1. The van der Waals surface area contributed by atoms with Crippen molar-refractivity contribution in [2.24, 2.45) is 12.5 Å². The fraction of sp³-hybridized carbons (Fsp3) is 0.786. The lowest BCUT2D eigenvalue weighted by atomic mass is 9.94. The molecule has 1 aromatic rings. The Morgan fingerprint density at radius 2 is 2.25 bits per heavy atom. The van der Waals surface area contributed by atoms with Crippen molar-refractivity contribution in [2.75, 3.05) is 13.1 Å². The van der Waals surface area contributed by atoms with Crippen LogP contribution in [0.4, 0.5) is 0 Å². The number of hydrogen-bond donors (Lipinski definition) is 1. The number of likely N-dealkylation sites (tertiary alicyclic amines) is 1. The molecule has 1 N–H and O–H groups in total. The normalized spacial score (nSPS) is 20.9. The molecule has 0 bridgehead atoms. The first-order valence-electron chi connectivity index (χ1n) is 7.22. The molecule has 1 fully saturated rings. The number of rotatable bonds is 3. The summed E-state index contributed by atoms with van der Waals surface area (Å²) in [4.78, 5) is 14.4. The minimum atomic E-state index is -0.328. The highest BCUT2D eigenvalue weighted by Gasteiger charge is 2.27. The maximum absolute atomic E-state index is 12.1. The van der Waals surface area contributed by atoms with Crippen LogP contribution in [-0.2, 0) is 18.4 Å². The minimum absolute atomic E-state index is 0.128. The molecular formula is C14H25N5O. The fourth-order valence-corrected chi connectivity index (χ4v) is 2.37. The summed E-state index contributed by atoms with van der Waals surface area (Å²) in [5.41, 5.74) is -0.328. The van der Waals surface area contributed by atoms with Gasteiger partial charge in [-0.2, -0.15) is 0 Å². The summed E-state index contributed by atoms with van der Waals surface area (Å²) in [6.45, 7) is 8.56. The van der Waals surface area contributed by atoms with Crippen LogP contribution in [0.15, 0.2) is 6.33 Å². The molecule has 0 aliphatic carbocycles. The molecule has 1 aliphatic heterocycles. The molecule has 1 saturated heterocycles. The lowest BCUT2D eigenvalue weighted by Gasteiger charge is -2.34.